The summed E-state index contributed by atoms with van der Waals surface area (Å²) in [6.07, 6.45) is 4.77. The molecule has 0 saturated carbocycles. The van der Waals surface area contributed by atoms with Crippen molar-refractivity contribution in [3.63, 3.8) is 0 Å². The van der Waals surface area contributed by atoms with E-state index < -0.39 is 18.0 Å². The summed E-state index contributed by atoms with van der Waals surface area (Å²) < 4.78 is 0. The lowest BCUT2D eigenvalue weighted by atomic mass is 10.1. The predicted molar refractivity (Wildman–Crippen MR) is 141 cm³/mol. The molecule has 0 unspecified atom stereocenters. The van der Waals surface area contributed by atoms with Gasteiger partial charge in [-0.15, -0.1) is 11.3 Å². The standard InChI is InChI=1S/C22H36N10O4S/c23-21(24)28-8-3-6-14(18(35)19-27-10-12-37-19)30-17(34)13-32-11-2-1-5-15(20(32)36)31-16(33)7-4-9-29-22(25)26/h10,12,14-15H,1-9,11,13H2,(H,30,34)(H,31,33)(H4,23,24,28)(H4,25,26,29)/t14-,15-/m0/s1. The molecule has 1 fully saturated rings. The van der Waals surface area contributed by atoms with Gasteiger partial charge < -0.3 is 38.5 Å². The van der Waals surface area contributed by atoms with E-state index in [0.29, 0.717) is 51.7 Å². The van der Waals surface area contributed by atoms with Gasteiger partial charge in [0.05, 0.1) is 12.6 Å². The predicted octanol–water partition coefficient (Wildman–Crippen LogP) is -1.58. The van der Waals surface area contributed by atoms with E-state index in [2.05, 4.69) is 25.6 Å². The molecule has 2 rings (SSSR count). The third-order valence-electron chi connectivity index (χ3n) is 5.55. The van der Waals surface area contributed by atoms with Crippen LogP contribution in [0, 0.1) is 0 Å². The Morgan fingerprint density at radius 3 is 2.43 bits per heavy atom. The first-order valence-electron chi connectivity index (χ1n) is 12.1. The molecular weight excluding hydrogens is 500 g/mol. The molecule has 3 amide bonds. The summed E-state index contributed by atoms with van der Waals surface area (Å²) in [6.45, 7) is 0.759. The molecule has 15 heteroatoms. The van der Waals surface area contributed by atoms with E-state index in [1.165, 1.54) is 22.4 Å². The first-order valence-corrected chi connectivity index (χ1v) is 13.0. The summed E-state index contributed by atoms with van der Waals surface area (Å²) in [5.41, 5.74) is 21.2. The maximum absolute atomic E-state index is 13.1. The number of likely N-dealkylation sites (tertiary alicyclic amines) is 1. The number of hydrogen-bond donors (Lipinski definition) is 6. The van der Waals surface area contributed by atoms with Crippen molar-refractivity contribution in [2.75, 3.05) is 26.2 Å². The Morgan fingerprint density at radius 1 is 1.08 bits per heavy atom. The molecule has 0 bridgehead atoms. The Labute approximate surface area is 219 Å². The van der Waals surface area contributed by atoms with E-state index in [0.717, 1.165) is 6.42 Å². The first-order chi connectivity index (χ1) is 17.7. The molecule has 2 heterocycles. The highest BCUT2D eigenvalue weighted by Gasteiger charge is 2.30. The number of ketones is 1. The minimum Gasteiger partial charge on any atom is -0.370 e. The molecule has 1 aromatic rings. The summed E-state index contributed by atoms with van der Waals surface area (Å²) in [5.74, 6) is -1.51. The number of aromatic nitrogens is 1. The fourth-order valence-electron chi connectivity index (χ4n) is 3.79. The number of thiazole rings is 1. The van der Waals surface area contributed by atoms with Crippen molar-refractivity contribution in [1.82, 2.24) is 20.5 Å². The van der Waals surface area contributed by atoms with E-state index >= 15 is 0 Å². The van der Waals surface area contributed by atoms with Gasteiger partial charge in [-0.3, -0.25) is 29.2 Å². The lowest BCUT2D eigenvalue weighted by Gasteiger charge is -2.25. The van der Waals surface area contributed by atoms with Gasteiger partial charge in [-0.05, 0) is 38.5 Å². The Morgan fingerprint density at radius 2 is 1.78 bits per heavy atom. The molecule has 14 nitrogen and oxygen atoms in total. The monoisotopic (exact) mass is 536 g/mol. The number of guanidine groups is 2. The lowest BCUT2D eigenvalue weighted by molar-refractivity contribution is -0.139. The number of carbonyl (C=O) groups excluding carboxylic acids is 4. The molecule has 2 atom stereocenters. The molecule has 0 radical (unpaired) electrons. The van der Waals surface area contributed by atoms with Gasteiger partial charge in [0.25, 0.3) is 0 Å². The number of aliphatic imine (C=N–C) groups is 2. The van der Waals surface area contributed by atoms with Crippen LogP contribution < -0.4 is 33.6 Å². The van der Waals surface area contributed by atoms with Crippen molar-refractivity contribution in [3.8, 4) is 0 Å². The van der Waals surface area contributed by atoms with Crippen molar-refractivity contribution in [2.24, 2.45) is 32.9 Å². The molecule has 1 aliphatic heterocycles. The molecule has 1 saturated heterocycles. The molecule has 0 aliphatic carbocycles. The Balaban J connectivity index is 1.96. The van der Waals surface area contributed by atoms with Gasteiger partial charge in [0.1, 0.15) is 6.04 Å². The average molecular weight is 537 g/mol. The number of hydrogen-bond acceptors (Lipinski definition) is 8. The van der Waals surface area contributed by atoms with Crippen LogP contribution in [-0.2, 0) is 14.4 Å². The molecule has 10 N–H and O–H groups in total. The summed E-state index contributed by atoms with van der Waals surface area (Å²) in [4.78, 5) is 64.4. The van der Waals surface area contributed by atoms with Crippen molar-refractivity contribution in [3.05, 3.63) is 16.6 Å². The van der Waals surface area contributed by atoms with Crippen LogP contribution in [0.15, 0.2) is 21.6 Å². The molecule has 0 aromatic carbocycles. The largest absolute Gasteiger partial charge is 0.370 e. The van der Waals surface area contributed by atoms with Gasteiger partial charge >= 0.3 is 0 Å². The van der Waals surface area contributed by atoms with Crippen LogP contribution in [-0.4, -0.2) is 83.6 Å². The van der Waals surface area contributed by atoms with E-state index in [4.69, 9.17) is 22.9 Å². The van der Waals surface area contributed by atoms with Crippen LogP contribution in [0.3, 0.4) is 0 Å². The topological polar surface area (TPSA) is 237 Å². The number of amides is 3. The number of rotatable bonds is 14. The van der Waals surface area contributed by atoms with E-state index in [1.54, 1.807) is 5.38 Å². The number of nitrogens with two attached hydrogens (primary N) is 4. The van der Waals surface area contributed by atoms with Crippen LogP contribution in [0.1, 0.15) is 54.7 Å². The van der Waals surface area contributed by atoms with Gasteiger partial charge in [0.15, 0.2) is 16.9 Å². The molecule has 204 valence electrons. The van der Waals surface area contributed by atoms with Crippen LogP contribution in [0.25, 0.3) is 0 Å². The zero-order chi connectivity index (χ0) is 27.2. The summed E-state index contributed by atoms with van der Waals surface area (Å²) in [6, 6.07) is -1.56. The van der Waals surface area contributed by atoms with Crippen LogP contribution >= 0.6 is 11.3 Å². The molecule has 37 heavy (non-hydrogen) atoms. The van der Waals surface area contributed by atoms with Gasteiger partial charge in [-0.2, -0.15) is 0 Å². The second kappa shape index (κ2) is 15.4. The molecule has 0 spiro atoms. The maximum Gasteiger partial charge on any atom is 0.245 e. The lowest BCUT2D eigenvalue weighted by Crippen LogP contribution is -2.51. The summed E-state index contributed by atoms with van der Waals surface area (Å²) in [7, 11) is 0. The quantitative estimate of drug-likeness (QED) is 0.0694. The number of Topliss-reactive ketones (excluding diaryl/α,β-unsaturated/α-hetero) is 1. The zero-order valence-electron chi connectivity index (χ0n) is 20.7. The van der Waals surface area contributed by atoms with Crippen LogP contribution in [0.4, 0.5) is 0 Å². The Hall–Kier alpha value is -3.75. The fraction of sp³-hybridized carbons (Fsp3) is 0.591. The minimum absolute atomic E-state index is 0.0439. The van der Waals surface area contributed by atoms with Gasteiger partial charge in [-0.1, -0.05) is 0 Å². The fourth-order valence-corrected chi connectivity index (χ4v) is 4.42. The SMILES string of the molecule is NC(N)=NCCCC(=O)N[C@H]1CCCCN(CC(=O)N[C@@H](CCCN=C(N)N)C(=O)c2nccs2)C1=O. The highest BCUT2D eigenvalue weighted by atomic mass is 32.1. The van der Waals surface area contributed by atoms with Crippen LogP contribution in [0.5, 0.6) is 0 Å². The van der Waals surface area contributed by atoms with Crippen molar-refractivity contribution in [2.45, 2.75) is 57.0 Å². The zero-order valence-corrected chi connectivity index (χ0v) is 21.5. The Kier molecular flexibility index (Phi) is 12.3. The van der Waals surface area contributed by atoms with Gasteiger partial charge in [0.2, 0.25) is 23.5 Å². The molecule has 1 aliphatic rings. The second-order valence-electron chi connectivity index (χ2n) is 8.56. The van der Waals surface area contributed by atoms with Crippen molar-refractivity contribution >= 4 is 46.8 Å². The van der Waals surface area contributed by atoms with E-state index in [1.807, 2.05) is 0 Å². The summed E-state index contributed by atoms with van der Waals surface area (Å²) in [5, 5.41) is 7.44. The summed E-state index contributed by atoms with van der Waals surface area (Å²) >= 11 is 1.18. The average Bonchev–Trinajstić information content (AvgIpc) is 3.33. The third kappa shape index (κ3) is 10.8. The minimum atomic E-state index is -0.837. The highest BCUT2D eigenvalue weighted by molar-refractivity contribution is 7.11. The maximum atomic E-state index is 13.1. The normalized spacial score (nSPS) is 16.3. The Bertz CT molecular complexity index is 974. The highest BCUT2D eigenvalue weighted by Crippen LogP contribution is 2.14. The van der Waals surface area contributed by atoms with E-state index in [-0.39, 0.29) is 47.5 Å². The van der Waals surface area contributed by atoms with Crippen LogP contribution in [0.2, 0.25) is 0 Å². The smallest absolute Gasteiger partial charge is 0.245 e. The van der Waals surface area contributed by atoms with Gasteiger partial charge in [0, 0.05) is 37.6 Å². The number of carbonyl (C=O) groups is 4. The van der Waals surface area contributed by atoms with Gasteiger partial charge in [-0.25, -0.2) is 4.98 Å². The second-order valence-corrected chi connectivity index (χ2v) is 9.45. The van der Waals surface area contributed by atoms with Crippen molar-refractivity contribution < 1.29 is 19.2 Å². The molecule has 1 aromatic heterocycles. The van der Waals surface area contributed by atoms with Crippen molar-refractivity contribution in [1.29, 1.82) is 0 Å². The van der Waals surface area contributed by atoms with E-state index in [9.17, 15) is 19.2 Å². The molecular formula is C22H36N10O4S. The third-order valence-corrected chi connectivity index (χ3v) is 6.33. The first kappa shape index (κ1) is 29.5. The number of nitrogens with zero attached hydrogens (tertiary/aromatic N) is 4. The number of nitrogens with one attached hydrogen (secondary N) is 2.